The number of benzene rings is 2. The van der Waals surface area contributed by atoms with Crippen LogP contribution in [0.3, 0.4) is 0 Å². The second kappa shape index (κ2) is 7.72. The Morgan fingerprint density at radius 2 is 1.92 bits per heavy atom. The van der Waals surface area contributed by atoms with Gasteiger partial charge in [-0.3, -0.25) is 4.79 Å². The van der Waals surface area contributed by atoms with Gasteiger partial charge in [0.25, 0.3) is 0 Å². The van der Waals surface area contributed by atoms with Crippen LogP contribution in [0.2, 0.25) is 0 Å². The van der Waals surface area contributed by atoms with Crippen LogP contribution in [0.5, 0.6) is 0 Å². The lowest BCUT2D eigenvalue weighted by Gasteiger charge is -2.17. The molecule has 3 aromatic rings. The van der Waals surface area contributed by atoms with Gasteiger partial charge < -0.3 is 16.0 Å². The topological polar surface area (TPSA) is 83.8 Å². The summed E-state index contributed by atoms with van der Waals surface area (Å²) in [4.78, 5) is 20.1. The summed E-state index contributed by atoms with van der Waals surface area (Å²) in [5.74, 6) is 0.640. The zero-order valence-corrected chi connectivity index (χ0v) is 15.1. The van der Waals surface area contributed by atoms with Crippen molar-refractivity contribution in [3.63, 3.8) is 0 Å². The van der Waals surface area contributed by atoms with Crippen molar-refractivity contribution in [2.75, 3.05) is 5.32 Å². The Bertz CT molecular complexity index is 841. The van der Waals surface area contributed by atoms with Crippen LogP contribution in [0.25, 0.3) is 11.0 Å². The van der Waals surface area contributed by atoms with Crippen LogP contribution in [-0.2, 0) is 10.5 Å². The number of carbonyl (C=O) groups excluding carboxylic acids is 1. The molecule has 0 spiro atoms. The van der Waals surface area contributed by atoms with Crippen molar-refractivity contribution in [2.24, 2.45) is 11.7 Å². The Morgan fingerprint density at radius 3 is 2.68 bits per heavy atom. The molecule has 2 aromatic carbocycles. The van der Waals surface area contributed by atoms with E-state index in [0.29, 0.717) is 5.75 Å². The van der Waals surface area contributed by atoms with Gasteiger partial charge in [0.05, 0.1) is 17.1 Å². The molecule has 6 heteroatoms. The number of rotatable bonds is 6. The van der Waals surface area contributed by atoms with E-state index < -0.39 is 6.04 Å². The number of nitrogens with one attached hydrogen (secondary N) is 2. The first-order valence-electron chi connectivity index (χ1n) is 8.26. The van der Waals surface area contributed by atoms with Crippen molar-refractivity contribution in [3.05, 3.63) is 54.1 Å². The summed E-state index contributed by atoms with van der Waals surface area (Å²) in [5, 5.41) is 3.81. The Balaban J connectivity index is 1.71. The average molecular weight is 354 g/mol. The van der Waals surface area contributed by atoms with Crippen molar-refractivity contribution >= 4 is 34.4 Å². The molecule has 1 aromatic heterocycles. The maximum Gasteiger partial charge on any atom is 0.241 e. The summed E-state index contributed by atoms with van der Waals surface area (Å²) in [7, 11) is 0. The molecule has 4 N–H and O–H groups in total. The Hall–Kier alpha value is -2.31. The third-order valence-corrected chi connectivity index (χ3v) is 4.95. The molecule has 0 fully saturated rings. The molecule has 5 nitrogen and oxygen atoms in total. The van der Waals surface area contributed by atoms with Gasteiger partial charge in [-0.2, -0.15) is 0 Å². The number of imidazole rings is 1. The lowest BCUT2D eigenvalue weighted by Crippen LogP contribution is -2.39. The number of amides is 1. The molecule has 0 saturated carbocycles. The molecule has 0 unspecified atom stereocenters. The first-order valence-corrected chi connectivity index (χ1v) is 9.25. The third kappa shape index (κ3) is 4.21. The first-order chi connectivity index (χ1) is 12.0. The van der Waals surface area contributed by atoms with Crippen LogP contribution in [0.1, 0.15) is 19.4 Å². The van der Waals surface area contributed by atoms with Gasteiger partial charge in [-0.05, 0) is 29.7 Å². The van der Waals surface area contributed by atoms with Crippen molar-refractivity contribution < 1.29 is 4.79 Å². The van der Waals surface area contributed by atoms with E-state index in [0.717, 1.165) is 27.4 Å². The number of nitrogens with zero attached hydrogens (tertiary/aromatic N) is 1. The fourth-order valence-electron chi connectivity index (χ4n) is 2.43. The zero-order valence-electron chi connectivity index (χ0n) is 14.3. The summed E-state index contributed by atoms with van der Waals surface area (Å²) in [5.41, 5.74) is 9.75. The summed E-state index contributed by atoms with van der Waals surface area (Å²) in [6, 6.07) is 15.2. The highest BCUT2D eigenvalue weighted by Crippen LogP contribution is 2.26. The standard InChI is InChI=1S/C19H22N4OS/c1-12(2)17(20)18(24)21-14-8-4-3-7-13(14)11-25-19-22-15-9-5-6-10-16(15)23-19/h3-10,12,17H,11,20H2,1-2H3,(H,21,24)(H,22,23)/t17-/m0/s1. The molecular formula is C19H22N4OS. The number of nitrogens with two attached hydrogens (primary N) is 1. The zero-order chi connectivity index (χ0) is 17.8. The third-order valence-electron chi connectivity index (χ3n) is 4.03. The maximum absolute atomic E-state index is 12.2. The number of anilines is 1. The lowest BCUT2D eigenvalue weighted by molar-refractivity contribution is -0.118. The Labute approximate surface area is 151 Å². The summed E-state index contributed by atoms with van der Waals surface area (Å²) in [6.45, 7) is 3.88. The number of aromatic amines is 1. The number of carbonyl (C=O) groups is 1. The average Bonchev–Trinajstić information content (AvgIpc) is 3.03. The van der Waals surface area contributed by atoms with Gasteiger partial charge in [0.1, 0.15) is 0 Å². The molecule has 0 saturated heterocycles. The van der Waals surface area contributed by atoms with Gasteiger partial charge in [0.2, 0.25) is 5.91 Å². The van der Waals surface area contributed by atoms with Gasteiger partial charge in [-0.1, -0.05) is 55.9 Å². The summed E-state index contributed by atoms with van der Waals surface area (Å²) in [6.07, 6.45) is 0. The van der Waals surface area contributed by atoms with E-state index >= 15 is 0 Å². The molecule has 0 aliphatic heterocycles. The molecule has 3 rings (SSSR count). The minimum Gasteiger partial charge on any atom is -0.333 e. The number of hydrogen-bond donors (Lipinski definition) is 3. The minimum absolute atomic E-state index is 0.0945. The predicted octanol–water partition coefficient (Wildman–Crippen LogP) is 3.78. The number of fused-ring (bicyclic) bond motifs is 1. The number of thioether (sulfide) groups is 1. The van der Waals surface area contributed by atoms with Gasteiger partial charge in [0, 0.05) is 11.4 Å². The second-order valence-electron chi connectivity index (χ2n) is 6.26. The smallest absolute Gasteiger partial charge is 0.241 e. The van der Waals surface area contributed by atoms with Gasteiger partial charge in [0.15, 0.2) is 5.16 Å². The van der Waals surface area contributed by atoms with Gasteiger partial charge in [-0.15, -0.1) is 0 Å². The van der Waals surface area contributed by atoms with E-state index in [1.165, 1.54) is 0 Å². The largest absolute Gasteiger partial charge is 0.333 e. The molecule has 25 heavy (non-hydrogen) atoms. The van der Waals surface area contributed by atoms with Crippen LogP contribution < -0.4 is 11.1 Å². The van der Waals surface area contributed by atoms with Crippen molar-refractivity contribution in [3.8, 4) is 0 Å². The number of aromatic nitrogens is 2. The predicted molar refractivity (Wildman–Crippen MR) is 104 cm³/mol. The highest BCUT2D eigenvalue weighted by atomic mass is 32.2. The van der Waals surface area contributed by atoms with Crippen LogP contribution in [-0.4, -0.2) is 21.9 Å². The van der Waals surface area contributed by atoms with E-state index in [9.17, 15) is 4.79 Å². The fraction of sp³-hybridized carbons (Fsp3) is 0.263. The quantitative estimate of drug-likeness (QED) is 0.588. The number of para-hydroxylation sites is 3. The molecule has 0 radical (unpaired) electrons. The highest BCUT2D eigenvalue weighted by Gasteiger charge is 2.18. The van der Waals surface area contributed by atoms with Crippen LogP contribution in [0, 0.1) is 5.92 Å². The monoisotopic (exact) mass is 354 g/mol. The van der Waals surface area contributed by atoms with Crippen LogP contribution >= 0.6 is 11.8 Å². The molecular weight excluding hydrogens is 332 g/mol. The SMILES string of the molecule is CC(C)[C@H](N)C(=O)Nc1ccccc1CSc1nc2ccccc2[nH]1. The summed E-state index contributed by atoms with van der Waals surface area (Å²) < 4.78 is 0. The van der Waals surface area contributed by atoms with E-state index in [4.69, 9.17) is 5.73 Å². The van der Waals surface area contributed by atoms with Crippen molar-refractivity contribution in [2.45, 2.75) is 30.8 Å². The molecule has 0 aliphatic rings. The van der Waals surface area contributed by atoms with Crippen LogP contribution in [0.4, 0.5) is 5.69 Å². The summed E-state index contributed by atoms with van der Waals surface area (Å²) >= 11 is 1.61. The minimum atomic E-state index is -0.518. The Morgan fingerprint density at radius 1 is 1.20 bits per heavy atom. The first kappa shape index (κ1) is 17.5. The Kier molecular flexibility index (Phi) is 5.40. The molecule has 1 heterocycles. The van der Waals surface area contributed by atoms with E-state index in [1.807, 2.05) is 62.4 Å². The van der Waals surface area contributed by atoms with Crippen molar-refractivity contribution in [1.29, 1.82) is 0 Å². The van der Waals surface area contributed by atoms with Crippen molar-refractivity contribution in [1.82, 2.24) is 9.97 Å². The molecule has 1 amide bonds. The number of H-pyrrole nitrogens is 1. The van der Waals surface area contributed by atoms with Gasteiger partial charge in [-0.25, -0.2) is 4.98 Å². The van der Waals surface area contributed by atoms with Gasteiger partial charge >= 0.3 is 0 Å². The normalized spacial score (nSPS) is 12.5. The second-order valence-corrected chi connectivity index (χ2v) is 7.23. The van der Waals surface area contributed by atoms with E-state index in [-0.39, 0.29) is 11.8 Å². The molecule has 0 aliphatic carbocycles. The molecule has 0 bridgehead atoms. The fourth-order valence-corrected chi connectivity index (χ4v) is 3.32. The number of hydrogen-bond acceptors (Lipinski definition) is 4. The highest BCUT2D eigenvalue weighted by molar-refractivity contribution is 7.98. The van der Waals surface area contributed by atoms with E-state index in [2.05, 4.69) is 15.3 Å². The van der Waals surface area contributed by atoms with Crippen LogP contribution in [0.15, 0.2) is 53.7 Å². The lowest BCUT2D eigenvalue weighted by atomic mass is 10.0. The maximum atomic E-state index is 12.2. The van der Waals surface area contributed by atoms with E-state index in [1.54, 1.807) is 11.8 Å². The molecule has 130 valence electrons. The molecule has 1 atom stereocenters.